The van der Waals surface area contributed by atoms with Crippen molar-refractivity contribution in [3.63, 3.8) is 0 Å². The average Bonchev–Trinajstić information content (AvgIpc) is 2.81. The van der Waals surface area contributed by atoms with E-state index in [0.29, 0.717) is 30.7 Å². The Labute approximate surface area is 119 Å². The SMILES string of the molecule is Cc1ccc(S(=O)(=O)[C@H]2CCCN3C(=O)CC[C@H]23)cc1. The summed E-state index contributed by atoms with van der Waals surface area (Å²) in [6, 6.07) is 6.89. The van der Waals surface area contributed by atoms with Crippen molar-refractivity contribution in [2.75, 3.05) is 6.54 Å². The molecule has 2 aliphatic heterocycles. The lowest BCUT2D eigenvalue weighted by molar-refractivity contribution is -0.129. The van der Waals surface area contributed by atoms with Crippen LogP contribution in [-0.4, -0.2) is 37.1 Å². The van der Waals surface area contributed by atoms with Gasteiger partial charge < -0.3 is 4.90 Å². The van der Waals surface area contributed by atoms with Gasteiger partial charge in [-0.2, -0.15) is 0 Å². The van der Waals surface area contributed by atoms with Gasteiger partial charge in [0.05, 0.1) is 10.1 Å². The third-order valence-electron chi connectivity index (χ3n) is 4.44. The molecule has 0 saturated carbocycles. The first-order valence-electron chi connectivity index (χ1n) is 7.10. The molecule has 20 heavy (non-hydrogen) atoms. The number of hydrogen-bond acceptors (Lipinski definition) is 3. The molecule has 108 valence electrons. The van der Waals surface area contributed by atoms with Crippen LogP contribution in [0.5, 0.6) is 0 Å². The molecule has 2 fully saturated rings. The van der Waals surface area contributed by atoms with Crippen LogP contribution in [0, 0.1) is 6.92 Å². The van der Waals surface area contributed by atoms with E-state index in [9.17, 15) is 13.2 Å². The molecule has 0 aromatic heterocycles. The molecule has 0 bridgehead atoms. The summed E-state index contributed by atoms with van der Waals surface area (Å²) in [5.41, 5.74) is 1.05. The predicted molar refractivity (Wildman–Crippen MR) is 76.1 cm³/mol. The van der Waals surface area contributed by atoms with Crippen LogP contribution in [0.2, 0.25) is 0 Å². The Morgan fingerprint density at radius 1 is 1.15 bits per heavy atom. The van der Waals surface area contributed by atoms with Gasteiger partial charge in [0.2, 0.25) is 5.91 Å². The number of nitrogens with zero attached hydrogens (tertiary/aromatic N) is 1. The lowest BCUT2D eigenvalue weighted by Gasteiger charge is -2.36. The second-order valence-corrected chi connectivity index (χ2v) is 7.90. The highest BCUT2D eigenvalue weighted by atomic mass is 32.2. The van der Waals surface area contributed by atoms with Crippen LogP contribution in [-0.2, 0) is 14.6 Å². The highest BCUT2D eigenvalue weighted by Crippen LogP contribution is 2.34. The number of piperidine rings is 1. The van der Waals surface area contributed by atoms with Gasteiger partial charge in [-0.15, -0.1) is 0 Å². The Kier molecular flexibility index (Phi) is 3.32. The molecule has 4 nitrogen and oxygen atoms in total. The standard InChI is InChI=1S/C15H19NO3S/c1-11-4-6-12(7-5-11)20(18,19)14-3-2-10-16-13(14)8-9-15(16)17/h4-7,13-14H,2-3,8-10H2,1H3/t13-,14+/m1/s1. The first-order valence-corrected chi connectivity index (χ1v) is 8.65. The minimum atomic E-state index is -3.35. The van der Waals surface area contributed by atoms with Gasteiger partial charge in [0.15, 0.2) is 9.84 Å². The normalized spacial score (nSPS) is 26.6. The molecule has 2 aliphatic rings. The summed E-state index contributed by atoms with van der Waals surface area (Å²) < 4.78 is 25.6. The van der Waals surface area contributed by atoms with Crippen LogP contribution in [0.4, 0.5) is 0 Å². The van der Waals surface area contributed by atoms with Gasteiger partial charge in [-0.1, -0.05) is 17.7 Å². The molecule has 0 unspecified atom stereocenters. The first-order chi connectivity index (χ1) is 9.50. The fourth-order valence-corrected chi connectivity index (χ4v) is 5.39. The van der Waals surface area contributed by atoms with Crippen molar-refractivity contribution < 1.29 is 13.2 Å². The topological polar surface area (TPSA) is 54.5 Å². The van der Waals surface area contributed by atoms with E-state index < -0.39 is 15.1 Å². The summed E-state index contributed by atoms with van der Waals surface area (Å²) in [6.07, 6.45) is 2.60. The zero-order chi connectivity index (χ0) is 14.3. The largest absolute Gasteiger partial charge is 0.338 e. The van der Waals surface area contributed by atoms with Gasteiger partial charge in [-0.3, -0.25) is 4.79 Å². The molecule has 0 N–H and O–H groups in total. The molecule has 1 aromatic carbocycles. The molecule has 2 saturated heterocycles. The zero-order valence-electron chi connectivity index (χ0n) is 11.6. The van der Waals surface area contributed by atoms with Crippen molar-refractivity contribution in [1.29, 1.82) is 0 Å². The Bertz CT molecular complexity index is 621. The van der Waals surface area contributed by atoms with Gasteiger partial charge in [-0.05, 0) is 38.3 Å². The van der Waals surface area contributed by atoms with Gasteiger partial charge >= 0.3 is 0 Å². The van der Waals surface area contributed by atoms with Crippen molar-refractivity contribution in [3.05, 3.63) is 29.8 Å². The lowest BCUT2D eigenvalue weighted by atomic mass is 10.0. The number of hydrogen-bond donors (Lipinski definition) is 0. The summed E-state index contributed by atoms with van der Waals surface area (Å²) in [6.45, 7) is 2.65. The summed E-state index contributed by atoms with van der Waals surface area (Å²) >= 11 is 0. The summed E-state index contributed by atoms with van der Waals surface area (Å²) in [7, 11) is -3.35. The summed E-state index contributed by atoms with van der Waals surface area (Å²) in [5.74, 6) is 0.110. The molecule has 0 spiro atoms. The van der Waals surface area contributed by atoms with E-state index in [1.807, 2.05) is 19.1 Å². The molecule has 3 rings (SSSR count). The monoisotopic (exact) mass is 293 g/mol. The number of aryl methyl sites for hydroxylation is 1. The number of fused-ring (bicyclic) bond motifs is 1. The van der Waals surface area contributed by atoms with Crippen LogP contribution < -0.4 is 0 Å². The number of amides is 1. The third-order valence-corrected chi connectivity index (χ3v) is 6.72. The summed E-state index contributed by atoms with van der Waals surface area (Å²) in [4.78, 5) is 14.0. The molecular weight excluding hydrogens is 274 g/mol. The van der Waals surface area contributed by atoms with Crippen molar-refractivity contribution >= 4 is 15.7 Å². The quantitative estimate of drug-likeness (QED) is 0.837. The van der Waals surface area contributed by atoms with Gasteiger partial charge in [0.25, 0.3) is 0 Å². The number of benzene rings is 1. The molecule has 5 heteroatoms. The van der Waals surface area contributed by atoms with Gasteiger partial charge in [0.1, 0.15) is 0 Å². The Balaban J connectivity index is 1.94. The fourth-order valence-electron chi connectivity index (χ4n) is 3.35. The highest BCUT2D eigenvalue weighted by Gasteiger charge is 2.45. The lowest BCUT2D eigenvalue weighted by Crippen LogP contribution is -2.49. The Morgan fingerprint density at radius 2 is 1.85 bits per heavy atom. The maximum absolute atomic E-state index is 12.8. The highest BCUT2D eigenvalue weighted by molar-refractivity contribution is 7.92. The maximum Gasteiger partial charge on any atom is 0.222 e. The van der Waals surface area contributed by atoms with Gasteiger partial charge in [0, 0.05) is 19.0 Å². The van der Waals surface area contributed by atoms with E-state index in [2.05, 4.69) is 0 Å². The Hall–Kier alpha value is -1.36. The molecular formula is C15H19NO3S. The molecule has 2 heterocycles. The van der Waals surface area contributed by atoms with Crippen molar-refractivity contribution in [2.45, 2.75) is 48.8 Å². The molecule has 0 radical (unpaired) electrons. The smallest absolute Gasteiger partial charge is 0.222 e. The van der Waals surface area contributed by atoms with E-state index in [-0.39, 0.29) is 11.9 Å². The number of carbonyl (C=O) groups excluding carboxylic acids is 1. The van der Waals surface area contributed by atoms with E-state index in [4.69, 9.17) is 0 Å². The Morgan fingerprint density at radius 3 is 2.55 bits per heavy atom. The van der Waals surface area contributed by atoms with Crippen molar-refractivity contribution in [3.8, 4) is 0 Å². The fraction of sp³-hybridized carbons (Fsp3) is 0.533. The van der Waals surface area contributed by atoms with E-state index in [1.54, 1.807) is 17.0 Å². The van der Waals surface area contributed by atoms with Crippen LogP contribution >= 0.6 is 0 Å². The second kappa shape index (κ2) is 4.88. The van der Waals surface area contributed by atoms with E-state index in [0.717, 1.165) is 12.0 Å². The summed E-state index contributed by atoms with van der Waals surface area (Å²) in [5, 5.41) is -0.439. The average molecular weight is 293 g/mol. The molecule has 2 atom stereocenters. The zero-order valence-corrected chi connectivity index (χ0v) is 12.4. The first kappa shape index (κ1) is 13.6. The van der Waals surface area contributed by atoms with Crippen LogP contribution in [0.3, 0.4) is 0 Å². The van der Waals surface area contributed by atoms with E-state index in [1.165, 1.54) is 0 Å². The van der Waals surface area contributed by atoms with Crippen molar-refractivity contribution in [2.24, 2.45) is 0 Å². The predicted octanol–water partition coefficient (Wildman–Crippen LogP) is 1.92. The van der Waals surface area contributed by atoms with Crippen LogP contribution in [0.15, 0.2) is 29.2 Å². The van der Waals surface area contributed by atoms with Crippen molar-refractivity contribution in [1.82, 2.24) is 4.90 Å². The minimum absolute atomic E-state index is 0.110. The van der Waals surface area contributed by atoms with Crippen LogP contribution in [0.25, 0.3) is 0 Å². The maximum atomic E-state index is 12.8. The number of sulfone groups is 1. The van der Waals surface area contributed by atoms with E-state index >= 15 is 0 Å². The number of carbonyl (C=O) groups is 1. The van der Waals surface area contributed by atoms with Crippen LogP contribution in [0.1, 0.15) is 31.2 Å². The molecule has 0 aliphatic carbocycles. The molecule has 1 aromatic rings. The van der Waals surface area contributed by atoms with Gasteiger partial charge in [-0.25, -0.2) is 8.42 Å². The number of rotatable bonds is 2. The molecule has 1 amide bonds. The second-order valence-electron chi connectivity index (χ2n) is 5.73. The third kappa shape index (κ3) is 2.14. The minimum Gasteiger partial charge on any atom is -0.338 e.